The van der Waals surface area contributed by atoms with Crippen LogP contribution in [0.5, 0.6) is 0 Å². The van der Waals surface area contributed by atoms with Crippen LogP contribution in [0.1, 0.15) is 23.6 Å². The Morgan fingerprint density at radius 2 is 2.03 bits per heavy atom. The van der Waals surface area contributed by atoms with Gasteiger partial charge in [-0.05, 0) is 32.1 Å². The number of aliphatic imine (C=N–C) groups is 1. The second kappa shape index (κ2) is 6.78. The van der Waals surface area contributed by atoms with Gasteiger partial charge >= 0.3 is 0 Å². The van der Waals surface area contributed by atoms with E-state index in [1.165, 1.54) is 11.3 Å². The van der Waals surface area contributed by atoms with Gasteiger partial charge in [0.15, 0.2) is 0 Å². The SMILES string of the molecule is CC1=Nc2ccc(C)cc2/C1=C/c1c(N)n2nc(N3CCOCC3)sc2nc1=O. The van der Waals surface area contributed by atoms with Crippen molar-refractivity contribution in [3.05, 3.63) is 45.2 Å². The van der Waals surface area contributed by atoms with Crippen molar-refractivity contribution < 1.29 is 4.74 Å². The monoisotopic (exact) mass is 408 g/mol. The van der Waals surface area contributed by atoms with Gasteiger partial charge in [-0.25, -0.2) is 0 Å². The van der Waals surface area contributed by atoms with E-state index in [1.54, 1.807) is 10.6 Å². The molecule has 5 rings (SSSR count). The van der Waals surface area contributed by atoms with Crippen molar-refractivity contribution in [3.63, 3.8) is 0 Å². The lowest BCUT2D eigenvalue weighted by Gasteiger charge is -2.25. The quantitative estimate of drug-likeness (QED) is 0.700. The van der Waals surface area contributed by atoms with Crippen LogP contribution in [0.3, 0.4) is 0 Å². The molecule has 9 heteroatoms. The molecule has 0 atom stereocenters. The maximum Gasteiger partial charge on any atom is 0.283 e. The Morgan fingerprint density at radius 1 is 1.24 bits per heavy atom. The van der Waals surface area contributed by atoms with Crippen LogP contribution < -0.4 is 16.2 Å². The number of morpholine rings is 1. The number of nitrogens with two attached hydrogens (primary N) is 1. The third-order valence-electron chi connectivity index (χ3n) is 5.17. The zero-order valence-electron chi connectivity index (χ0n) is 16.2. The second-order valence-electron chi connectivity index (χ2n) is 7.17. The highest BCUT2D eigenvalue weighted by Crippen LogP contribution is 2.36. The average molecular weight is 408 g/mol. The molecule has 1 saturated heterocycles. The minimum Gasteiger partial charge on any atom is -0.383 e. The van der Waals surface area contributed by atoms with E-state index >= 15 is 0 Å². The van der Waals surface area contributed by atoms with Crippen LogP contribution in [0, 0.1) is 6.92 Å². The van der Waals surface area contributed by atoms with Crippen LogP contribution in [0.15, 0.2) is 28.0 Å². The Kier molecular flexibility index (Phi) is 4.21. The van der Waals surface area contributed by atoms with E-state index in [-0.39, 0.29) is 11.4 Å². The van der Waals surface area contributed by atoms with Gasteiger partial charge in [0.05, 0.1) is 24.5 Å². The molecule has 2 aliphatic heterocycles. The molecule has 0 unspecified atom stereocenters. The summed E-state index contributed by atoms with van der Waals surface area (Å²) in [5, 5.41) is 5.40. The summed E-state index contributed by atoms with van der Waals surface area (Å²) in [6, 6.07) is 6.08. The Bertz CT molecular complexity index is 1250. The number of nitrogens with zero attached hydrogens (tertiary/aromatic N) is 5. The molecule has 4 heterocycles. The molecule has 0 spiro atoms. The van der Waals surface area contributed by atoms with Crippen LogP contribution in [0.25, 0.3) is 16.6 Å². The zero-order valence-corrected chi connectivity index (χ0v) is 17.0. The Morgan fingerprint density at radius 3 is 2.83 bits per heavy atom. The maximum absolute atomic E-state index is 12.8. The Labute approximate surface area is 171 Å². The first-order valence-corrected chi connectivity index (χ1v) is 10.2. The van der Waals surface area contributed by atoms with Crippen molar-refractivity contribution in [3.8, 4) is 0 Å². The molecule has 0 aliphatic carbocycles. The van der Waals surface area contributed by atoms with E-state index < -0.39 is 0 Å². The molecule has 1 aromatic carbocycles. The van der Waals surface area contributed by atoms with Crippen molar-refractivity contribution in [1.82, 2.24) is 14.6 Å². The molecular formula is C20H20N6O2S. The van der Waals surface area contributed by atoms with Crippen LogP contribution >= 0.6 is 11.3 Å². The summed E-state index contributed by atoms with van der Waals surface area (Å²) >= 11 is 1.36. The van der Waals surface area contributed by atoms with E-state index in [4.69, 9.17) is 10.5 Å². The summed E-state index contributed by atoms with van der Waals surface area (Å²) in [5.41, 5.74) is 11.1. The normalized spacial score (nSPS) is 17.8. The predicted octanol–water partition coefficient (Wildman–Crippen LogP) is 2.52. The smallest absolute Gasteiger partial charge is 0.283 e. The lowest BCUT2D eigenvalue weighted by atomic mass is 9.99. The molecule has 148 valence electrons. The first-order chi connectivity index (χ1) is 14.0. The maximum atomic E-state index is 12.8. The highest BCUT2D eigenvalue weighted by atomic mass is 32.1. The number of benzene rings is 1. The number of fused-ring (bicyclic) bond motifs is 2. The molecule has 0 amide bonds. The fourth-order valence-corrected chi connectivity index (χ4v) is 4.57. The van der Waals surface area contributed by atoms with Crippen molar-refractivity contribution in [2.45, 2.75) is 13.8 Å². The molecule has 0 bridgehead atoms. The van der Waals surface area contributed by atoms with Crippen molar-refractivity contribution in [1.29, 1.82) is 0 Å². The first-order valence-electron chi connectivity index (χ1n) is 9.42. The van der Waals surface area contributed by atoms with Gasteiger partial charge in [0.2, 0.25) is 10.1 Å². The minimum atomic E-state index is -0.360. The summed E-state index contributed by atoms with van der Waals surface area (Å²) in [7, 11) is 0. The summed E-state index contributed by atoms with van der Waals surface area (Å²) in [4.78, 5) is 24.2. The van der Waals surface area contributed by atoms with Crippen LogP contribution in [-0.4, -0.2) is 46.6 Å². The van der Waals surface area contributed by atoms with Crippen molar-refractivity contribution >= 4 is 50.3 Å². The fraction of sp³-hybridized carbons (Fsp3) is 0.300. The second-order valence-corrected chi connectivity index (χ2v) is 8.10. The number of anilines is 2. The van der Waals surface area contributed by atoms with Gasteiger partial charge in [0.25, 0.3) is 5.56 Å². The molecule has 2 aromatic heterocycles. The van der Waals surface area contributed by atoms with Gasteiger partial charge in [0.1, 0.15) is 5.82 Å². The fourth-order valence-electron chi connectivity index (χ4n) is 3.62. The minimum absolute atomic E-state index is 0.289. The number of aromatic nitrogens is 3. The number of rotatable bonds is 2. The van der Waals surface area contributed by atoms with Crippen LogP contribution in [-0.2, 0) is 4.74 Å². The third kappa shape index (κ3) is 3.02. The van der Waals surface area contributed by atoms with E-state index in [2.05, 4.69) is 26.0 Å². The Hall–Kier alpha value is -3.04. The van der Waals surface area contributed by atoms with E-state index in [0.29, 0.717) is 23.7 Å². The van der Waals surface area contributed by atoms with Gasteiger partial charge in [-0.3, -0.25) is 9.79 Å². The lowest BCUT2D eigenvalue weighted by Crippen LogP contribution is -2.36. The summed E-state index contributed by atoms with van der Waals surface area (Å²) < 4.78 is 6.96. The molecule has 29 heavy (non-hydrogen) atoms. The number of ether oxygens (including phenoxy) is 1. The summed E-state index contributed by atoms with van der Waals surface area (Å²) in [5.74, 6) is 0.289. The molecule has 1 fully saturated rings. The standard InChI is InChI=1S/C20H20N6O2S/c1-11-3-4-16-14(9-11)13(12(2)22-16)10-15-17(21)26-19(23-18(15)27)29-20(24-26)25-5-7-28-8-6-25/h3-4,9-10H,5-8,21H2,1-2H3/b13-10+. The molecule has 3 aromatic rings. The van der Waals surface area contributed by atoms with Gasteiger partial charge in [-0.1, -0.05) is 23.0 Å². The average Bonchev–Trinajstić information content (AvgIpc) is 3.27. The first kappa shape index (κ1) is 18.0. The van der Waals surface area contributed by atoms with E-state index in [1.807, 2.05) is 26.0 Å². The van der Waals surface area contributed by atoms with Crippen LogP contribution in [0.2, 0.25) is 0 Å². The largest absolute Gasteiger partial charge is 0.383 e. The summed E-state index contributed by atoms with van der Waals surface area (Å²) in [6.07, 6.45) is 1.79. The summed E-state index contributed by atoms with van der Waals surface area (Å²) in [6.45, 7) is 6.79. The molecule has 2 N–H and O–H groups in total. The zero-order chi connectivity index (χ0) is 20.1. The number of aryl methyl sites for hydroxylation is 1. The van der Waals surface area contributed by atoms with E-state index in [0.717, 1.165) is 46.3 Å². The highest BCUT2D eigenvalue weighted by Gasteiger charge is 2.22. The van der Waals surface area contributed by atoms with Crippen molar-refractivity contribution in [2.75, 3.05) is 36.9 Å². The molecule has 8 nitrogen and oxygen atoms in total. The van der Waals surface area contributed by atoms with Gasteiger partial charge < -0.3 is 15.4 Å². The van der Waals surface area contributed by atoms with Gasteiger partial charge in [-0.2, -0.15) is 9.50 Å². The predicted molar refractivity (Wildman–Crippen MR) is 116 cm³/mol. The van der Waals surface area contributed by atoms with E-state index in [9.17, 15) is 4.79 Å². The molecule has 0 saturated carbocycles. The molecular weight excluding hydrogens is 388 g/mol. The number of nitrogen functional groups attached to an aromatic ring is 1. The number of hydrogen-bond acceptors (Lipinski definition) is 8. The number of allylic oxidation sites excluding steroid dienone is 1. The van der Waals surface area contributed by atoms with Gasteiger partial charge in [0, 0.05) is 29.9 Å². The molecule has 0 radical (unpaired) electrons. The lowest BCUT2D eigenvalue weighted by molar-refractivity contribution is 0.122. The van der Waals surface area contributed by atoms with Crippen LogP contribution in [0.4, 0.5) is 16.6 Å². The third-order valence-corrected chi connectivity index (χ3v) is 6.14. The molecule has 2 aliphatic rings. The number of hydrogen-bond donors (Lipinski definition) is 1. The van der Waals surface area contributed by atoms with Gasteiger partial charge in [-0.15, -0.1) is 5.10 Å². The van der Waals surface area contributed by atoms with Crippen molar-refractivity contribution in [2.24, 2.45) is 4.99 Å². The highest BCUT2D eigenvalue weighted by molar-refractivity contribution is 7.20. The Balaban J connectivity index is 1.63. The topological polar surface area (TPSA) is 98.1 Å².